The standard InChI is InChI=1S/C21H18N2O3/c1-13(21(25)26)10-20(24)23-18-9-5-2-6-14(18)11-19(23)16-12-22-17-8-4-3-7-15(16)17/h2-10,12,19,22H,11H2,1H3,(H,25,26)/b13-10-/t19-/m0/s1. The van der Waals surface area contributed by atoms with E-state index in [-0.39, 0.29) is 17.5 Å². The summed E-state index contributed by atoms with van der Waals surface area (Å²) in [6.07, 6.45) is 3.84. The second kappa shape index (κ2) is 6.19. The molecule has 130 valence electrons. The Morgan fingerprint density at radius 3 is 2.69 bits per heavy atom. The molecule has 5 heteroatoms. The number of carboxylic acids is 1. The number of para-hydroxylation sites is 2. The van der Waals surface area contributed by atoms with Gasteiger partial charge < -0.3 is 15.0 Å². The first kappa shape index (κ1) is 16.1. The Balaban J connectivity index is 1.82. The van der Waals surface area contributed by atoms with Crippen molar-refractivity contribution in [1.82, 2.24) is 4.98 Å². The van der Waals surface area contributed by atoms with Gasteiger partial charge in [0.1, 0.15) is 0 Å². The molecular weight excluding hydrogens is 328 g/mol. The molecule has 5 nitrogen and oxygen atoms in total. The summed E-state index contributed by atoms with van der Waals surface area (Å²) in [5, 5.41) is 10.2. The number of anilines is 1. The van der Waals surface area contributed by atoms with E-state index < -0.39 is 5.97 Å². The Bertz CT molecular complexity index is 1050. The van der Waals surface area contributed by atoms with Crippen molar-refractivity contribution in [2.24, 2.45) is 0 Å². The number of H-pyrrole nitrogens is 1. The van der Waals surface area contributed by atoms with Gasteiger partial charge in [-0.25, -0.2) is 4.79 Å². The third-order valence-electron chi connectivity index (χ3n) is 4.87. The molecule has 1 aliphatic rings. The van der Waals surface area contributed by atoms with Crippen molar-refractivity contribution in [2.45, 2.75) is 19.4 Å². The van der Waals surface area contributed by atoms with E-state index in [1.807, 2.05) is 54.7 Å². The molecule has 0 saturated heterocycles. The molecule has 2 heterocycles. The molecule has 1 amide bonds. The van der Waals surface area contributed by atoms with Crippen LogP contribution in [0.2, 0.25) is 0 Å². The van der Waals surface area contributed by atoms with Crippen molar-refractivity contribution in [3.8, 4) is 0 Å². The number of benzene rings is 2. The van der Waals surface area contributed by atoms with Crippen LogP contribution in [0.5, 0.6) is 0 Å². The zero-order valence-electron chi connectivity index (χ0n) is 14.3. The van der Waals surface area contributed by atoms with Crippen LogP contribution < -0.4 is 4.90 Å². The van der Waals surface area contributed by atoms with Crippen molar-refractivity contribution >= 4 is 28.5 Å². The van der Waals surface area contributed by atoms with Crippen LogP contribution >= 0.6 is 0 Å². The number of amides is 1. The zero-order valence-corrected chi connectivity index (χ0v) is 14.3. The fraction of sp³-hybridized carbons (Fsp3) is 0.143. The topological polar surface area (TPSA) is 73.4 Å². The van der Waals surface area contributed by atoms with E-state index in [9.17, 15) is 9.59 Å². The van der Waals surface area contributed by atoms with E-state index in [0.29, 0.717) is 6.42 Å². The molecule has 1 aromatic heterocycles. The summed E-state index contributed by atoms with van der Waals surface area (Å²) in [6, 6.07) is 15.6. The number of carboxylic acid groups (broad SMARTS) is 1. The lowest BCUT2D eigenvalue weighted by molar-refractivity contribution is -0.132. The molecule has 0 bridgehead atoms. The van der Waals surface area contributed by atoms with Gasteiger partial charge in [-0.3, -0.25) is 4.79 Å². The minimum Gasteiger partial charge on any atom is -0.478 e. The summed E-state index contributed by atoms with van der Waals surface area (Å²) in [5.41, 5.74) is 3.99. The number of hydrogen-bond donors (Lipinski definition) is 2. The summed E-state index contributed by atoms with van der Waals surface area (Å²) in [5.74, 6) is -1.40. The molecule has 0 radical (unpaired) electrons. The highest BCUT2D eigenvalue weighted by atomic mass is 16.4. The van der Waals surface area contributed by atoms with Crippen LogP contribution in [-0.2, 0) is 16.0 Å². The normalized spacial score (nSPS) is 16.7. The number of carbonyl (C=O) groups is 2. The minimum atomic E-state index is -1.09. The van der Waals surface area contributed by atoms with Gasteiger partial charge in [-0.1, -0.05) is 36.4 Å². The van der Waals surface area contributed by atoms with E-state index in [0.717, 1.165) is 27.7 Å². The quantitative estimate of drug-likeness (QED) is 0.708. The predicted octanol–water partition coefficient (Wildman–Crippen LogP) is 3.83. The summed E-state index contributed by atoms with van der Waals surface area (Å²) in [6.45, 7) is 1.43. The van der Waals surface area contributed by atoms with Crippen LogP contribution in [0.15, 0.2) is 66.4 Å². The second-order valence-electron chi connectivity index (χ2n) is 6.48. The van der Waals surface area contributed by atoms with Crippen molar-refractivity contribution < 1.29 is 14.7 Å². The number of nitrogens with zero attached hydrogens (tertiary/aromatic N) is 1. The van der Waals surface area contributed by atoms with E-state index in [2.05, 4.69) is 4.98 Å². The van der Waals surface area contributed by atoms with Crippen LogP contribution in [0.4, 0.5) is 5.69 Å². The highest BCUT2D eigenvalue weighted by Crippen LogP contribution is 2.42. The largest absolute Gasteiger partial charge is 0.478 e. The predicted molar refractivity (Wildman–Crippen MR) is 100 cm³/mol. The molecule has 0 aliphatic carbocycles. The maximum Gasteiger partial charge on any atom is 0.331 e. The van der Waals surface area contributed by atoms with Gasteiger partial charge in [-0.15, -0.1) is 0 Å². The van der Waals surface area contributed by atoms with Crippen molar-refractivity contribution in [2.75, 3.05) is 4.90 Å². The van der Waals surface area contributed by atoms with Gasteiger partial charge in [0.2, 0.25) is 0 Å². The maximum absolute atomic E-state index is 12.9. The SMILES string of the molecule is C/C(=C/C(=O)N1c2ccccc2C[C@H]1c1c[nH]c2ccccc12)C(=O)O. The Morgan fingerprint density at radius 2 is 1.88 bits per heavy atom. The molecule has 4 rings (SSSR count). The number of hydrogen-bond acceptors (Lipinski definition) is 2. The van der Waals surface area contributed by atoms with Crippen LogP contribution in [-0.4, -0.2) is 22.0 Å². The molecule has 1 atom stereocenters. The monoisotopic (exact) mass is 346 g/mol. The van der Waals surface area contributed by atoms with Gasteiger partial charge in [0, 0.05) is 40.0 Å². The summed E-state index contributed by atoms with van der Waals surface area (Å²) < 4.78 is 0. The van der Waals surface area contributed by atoms with Crippen molar-refractivity contribution in [3.63, 3.8) is 0 Å². The fourth-order valence-electron chi connectivity index (χ4n) is 3.59. The number of aromatic amines is 1. The number of aliphatic carboxylic acids is 1. The number of carbonyl (C=O) groups excluding carboxylic acids is 1. The lowest BCUT2D eigenvalue weighted by atomic mass is 10.0. The second-order valence-corrected chi connectivity index (χ2v) is 6.48. The van der Waals surface area contributed by atoms with Crippen LogP contribution in [0.25, 0.3) is 10.9 Å². The molecular formula is C21H18N2O3. The summed E-state index contributed by atoms with van der Waals surface area (Å²) in [7, 11) is 0. The molecule has 26 heavy (non-hydrogen) atoms. The Labute approximate surface area is 150 Å². The molecule has 3 aromatic rings. The Morgan fingerprint density at radius 1 is 1.15 bits per heavy atom. The Hall–Kier alpha value is -3.34. The first-order chi connectivity index (χ1) is 12.6. The van der Waals surface area contributed by atoms with Gasteiger partial charge in [0.15, 0.2) is 0 Å². The van der Waals surface area contributed by atoms with E-state index >= 15 is 0 Å². The maximum atomic E-state index is 12.9. The average molecular weight is 346 g/mol. The summed E-state index contributed by atoms with van der Waals surface area (Å²) in [4.78, 5) is 29.0. The third-order valence-corrected chi connectivity index (χ3v) is 4.87. The van der Waals surface area contributed by atoms with Crippen LogP contribution in [0.3, 0.4) is 0 Å². The van der Waals surface area contributed by atoms with E-state index in [4.69, 9.17) is 5.11 Å². The fourth-order valence-corrected chi connectivity index (χ4v) is 3.59. The Kier molecular flexibility index (Phi) is 3.84. The molecule has 1 aliphatic heterocycles. The highest BCUT2D eigenvalue weighted by Gasteiger charge is 2.35. The molecule has 2 N–H and O–H groups in total. The van der Waals surface area contributed by atoms with Gasteiger partial charge >= 0.3 is 5.97 Å². The molecule has 2 aromatic carbocycles. The highest BCUT2D eigenvalue weighted by molar-refractivity contribution is 6.07. The van der Waals surface area contributed by atoms with Gasteiger partial charge in [-0.05, 0) is 31.0 Å². The molecule has 0 unspecified atom stereocenters. The minimum absolute atomic E-state index is 0.0251. The number of aromatic nitrogens is 1. The van der Waals surface area contributed by atoms with Crippen molar-refractivity contribution in [3.05, 3.63) is 77.5 Å². The molecule has 0 spiro atoms. The van der Waals surface area contributed by atoms with E-state index in [1.165, 1.54) is 13.0 Å². The van der Waals surface area contributed by atoms with Gasteiger partial charge in [-0.2, -0.15) is 0 Å². The first-order valence-corrected chi connectivity index (χ1v) is 8.45. The number of fused-ring (bicyclic) bond motifs is 2. The smallest absolute Gasteiger partial charge is 0.331 e. The third kappa shape index (κ3) is 2.58. The first-order valence-electron chi connectivity index (χ1n) is 8.45. The van der Waals surface area contributed by atoms with Crippen LogP contribution in [0, 0.1) is 0 Å². The zero-order chi connectivity index (χ0) is 18.3. The van der Waals surface area contributed by atoms with E-state index in [1.54, 1.807) is 4.90 Å². The number of nitrogens with one attached hydrogen (secondary N) is 1. The lowest BCUT2D eigenvalue weighted by Crippen LogP contribution is -2.31. The average Bonchev–Trinajstić information content (AvgIpc) is 3.22. The lowest BCUT2D eigenvalue weighted by Gasteiger charge is -2.24. The number of rotatable bonds is 3. The van der Waals surface area contributed by atoms with Crippen molar-refractivity contribution in [1.29, 1.82) is 0 Å². The summed E-state index contributed by atoms with van der Waals surface area (Å²) >= 11 is 0. The molecule has 0 saturated carbocycles. The molecule has 0 fully saturated rings. The van der Waals surface area contributed by atoms with Gasteiger partial charge in [0.25, 0.3) is 5.91 Å². The van der Waals surface area contributed by atoms with Crippen LogP contribution in [0.1, 0.15) is 24.1 Å². The van der Waals surface area contributed by atoms with Gasteiger partial charge in [0.05, 0.1) is 6.04 Å².